The van der Waals surface area contributed by atoms with Crippen LogP contribution in [-0.4, -0.2) is 23.9 Å². The van der Waals surface area contributed by atoms with Crippen LogP contribution in [0.1, 0.15) is 23.8 Å². The first-order valence-corrected chi connectivity index (χ1v) is 8.25. The lowest BCUT2D eigenvalue weighted by molar-refractivity contribution is -0.138. The number of carbonyl (C=O) groups is 2. The van der Waals surface area contributed by atoms with E-state index < -0.39 is 23.6 Å². The van der Waals surface area contributed by atoms with Gasteiger partial charge in [0.1, 0.15) is 5.76 Å². The number of hydrogen-bond donors (Lipinski definition) is 0. The fourth-order valence-electron chi connectivity index (χ4n) is 3.01. The third-order valence-electron chi connectivity index (χ3n) is 4.36. The molecule has 1 aliphatic heterocycles. The van der Waals surface area contributed by atoms with Gasteiger partial charge in [-0.2, -0.15) is 13.2 Å². The molecule has 2 heterocycles. The lowest BCUT2D eigenvalue weighted by Crippen LogP contribution is -2.24. The van der Waals surface area contributed by atoms with Crippen molar-refractivity contribution >= 4 is 18.0 Å². The first kappa shape index (κ1) is 19.5. The Balaban J connectivity index is 2.11. The summed E-state index contributed by atoms with van der Waals surface area (Å²) in [6.45, 7) is 1.57. The van der Waals surface area contributed by atoms with Crippen LogP contribution in [0.15, 0.2) is 63.9 Å². The van der Waals surface area contributed by atoms with Crippen LogP contribution in [0.2, 0.25) is 0 Å². The molecule has 0 fully saturated rings. The Hall–Kier alpha value is -3.29. The van der Waals surface area contributed by atoms with Crippen LogP contribution in [0, 0.1) is 0 Å². The smallest absolute Gasteiger partial charge is 0.416 e. The summed E-state index contributed by atoms with van der Waals surface area (Å²) in [4.78, 5) is 26.4. The van der Waals surface area contributed by atoms with E-state index in [1.165, 1.54) is 36.3 Å². The maximum atomic E-state index is 13.3. The SMILES string of the molecule is COC(=O)C1=C(C)N(Cc2ccco2)C(=O)C1=Cc1ccccc1C(F)(F)F. The van der Waals surface area contributed by atoms with Crippen molar-refractivity contribution in [2.75, 3.05) is 7.11 Å². The van der Waals surface area contributed by atoms with Crippen molar-refractivity contribution in [1.82, 2.24) is 4.90 Å². The van der Waals surface area contributed by atoms with Crippen molar-refractivity contribution in [3.63, 3.8) is 0 Å². The Morgan fingerprint density at radius 2 is 1.93 bits per heavy atom. The highest BCUT2D eigenvalue weighted by Crippen LogP contribution is 2.36. The van der Waals surface area contributed by atoms with Gasteiger partial charge in [-0.1, -0.05) is 18.2 Å². The van der Waals surface area contributed by atoms with Crippen molar-refractivity contribution < 1.29 is 31.9 Å². The van der Waals surface area contributed by atoms with Gasteiger partial charge >= 0.3 is 12.1 Å². The zero-order valence-corrected chi connectivity index (χ0v) is 15.0. The van der Waals surface area contributed by atoms with Crippen LogP contribution in [0.5, 0.6) is 0 Å². The van der Waals surface area contributed by atoms with Crippen molar-refractivity contribution in [2.24, 2.45) is 0 Å². The minimum atomic E-state index is -4.60. The van der Waals surface area contributed by atoms with Gasteiger partial charge in [0.25, 0.3) is 5.91 Å². The van der Waals surface area contributed by atoms with Gasteiger partial charge in [0, 0.05) is 5.70 Å². The Labute approximate surface area is 158 Å². The van der Waals surface area contributed by atoms with Gasteiger partial charge in [-0.15, -0.1) is 0 Å². The van der Waals surface area contributed by atoms with Crippen LogP contribution >= 0.6 is 0 Å². The number of benzene rings is 1. The number of allylic oxidation sites excluding steroid dienone is 1. The van der Waals surface area contributed by atoms with Crippen molar-refractivity contribution in [2.45, 2.75) is 19.6 Å². The normalized spacial score (nSPS) is 16.2. The molecule has 8 heteroatoms. The number of hydrogen-bond acceptors (Lipinski definition) is 4. The van der Waals surface area contributed by atoms with E-state index in [2.05, 4.69) is 0 Å². The summed E-state index contributed by atoms with van der Waals surface area (Å²) in [5.74, 6) is -0.941. The molecule has 28 heavy (non-hydrogen) atoms. The molecule has 0 saturated heterocycles. The van der Waals surface area contributed by atoms with Gasteiger partial charge in [0.05, 0.1) is 36.6 Å². The number of nitrogens with zero attached hydrogens (tertiary/aromatic N) is 1. The molecule has 146 valence electrons. The second-order valence-corrected chi connectivity index (χ2v) is 6.07. The molecule has 3 rings (SSSR count). The van der Waals surface area contributed by atoms with E-state index in [0.29, 0.717) is 5.76 Å². The van der Waals surface area contributed by atoms with E-state index >= 15 is 0 Å². The topological polar surface area (TPSA) is 59.8 Å². The Morgan fingerprint density at radius 1 is 1.21 bits per heavy atom. The van der Waals surface area contributed by atoms with E-state index in [0.717, 1.165) is 19.3 Å². The summed E-state index contributed by atoms with van der Waals surface area (Å²) in [6, 6.07) is 8.14. The lowest BCUT2D eigenvalue weighted by atomic mass is 10.00. The van der Waals surface area contributed by atoms with Gasteiger partial charge < -0.3 is 14.1 Å². The number of amides is 1. The number of carbonyl (C=O) groups excluding carboxylic acids is 2. The van der Waals surface area contributed by atoms with E-state index in [4.69, 9.17) is 9.15 Å². The molecule has 1 amide bonds. The maximum absolute atomic E-state index is 13.3. The lowest BCUT2D eigenvalue weighted by Gasteiger charge is -2.16. The molecule has 0 aliphatic carbocycles. The summed E-state index contributed by atoms with van der Waals surface area (Å²) in [5, 5.41) is 0. The van der Waals surface area contributed by atoms with E-state index in [1.807, 2.05) is 0 Å². The molecule has 0 spiro atoms. The minimum Gasteiger partial charge on any atom is -0.467 e. The van der Waals surface area contributed by atoms with Gasteiger partial charge in [-0.05, 0) is 36.8 Å². The third-order valence-corrected chi connectivity index (χ3v) is 4.36. The highest BCUT2D eigenvalue weighted by Gasteiger charge is 2.38. The van der Waals surface area contributed by atoms with Crippen LogP contribution in [0.4, 0.5) is 13.2 Å². The molecule has 0 N–H and O–H groups in total. The number of methoxy groups -OCH3 is 1. The summed E-state index contributed by atoms with van der Waals surface area (Å²) >= 11 is 0. The fourth-order valence-corrected chi connectivity index (χ4v) is 3.01. The summed E-state index contributed by atoms with van der Waals surface area (Å²) in [6.07, 6.45) is -2.09. The average molecular weight is 391 g/mol. The molecule has 2 aromatic rings. The molecule has 1 aliphatic rings. The quantitative estimate of drug-likeness (QED) is 0.580. The molecule has 0 bridgehead atoms. The van der Waals surface area contributed by atoms with Gasteiger partial charge in [-0.3, -0.25) is 4.79 Å². The van der Waals surface area contributed by atoms with Gasteiger partial charge in [0.2, 0.25) is 0 Å². The van der Waals surface area contributed by atoms with Crippen LogP contribution in [0.25, 0.3) is 6.08 Å². The first-order chi connectivity index (χ1) is 13.2. The van der Waals surface area contributed by atoms with Gasteiger partial charge in [-0.25, -0.2) is 4.79 Å². The molecule has 1 aromatic carbocycles. The number of halogens is 3. The number of furan rings is 1. The summed E-state index contributed by atoms with van der Waals surface area (Å²) in [7, 11) is 1.14. The molecule has 0 saturated carbocycles. The minimum absolute atomic E-state index is 0.0381. The number of esters is 1. The highest BCUT2D eigenvalue weighted by atomic mass is 19.4. The molecule has 5 nitrogen and oxygen atoms in total. The molecule has 0 radical (unpaired) electrons. The van der Waals surface area contributed by atoms with Crippen molar-refractivity contribution in [1.29, 1.82) is 0 Å². The number of ether oxygens (including phenoxy) is 1. The average Bonchev–Trinajstić information content (AvgIpc) is 3.24. The Bertz CT molecular complexity index is 972. The molecule has 0 unspecified atom stereocenters. The number of alkyl halides is 3. The summed E-state index contributed by atoms with van der Waals surface area (Å²) < 4.78 is 49.9. The third kappa shape index (κ3) is 3.58. The maximum Gasteiger partial charge on any atom is 0.416 e. The van der Waals surface area contributed by atoms with Crippen LogP contribution in [0.3, 0.4) is 0 Å². The van der Waals surface area contributed by atoms with Crippen molar-refractivity contribution in [3.8, 4) is 0 Å². The summed E-state index contributed by atoms with van der Waals surface area (Å²) in [5.41, 5.74) is -1.07. The standard InChI is InChI=1S/C20H16F3NO4/c1-12-17(19(26)27-2)15(18(25)24(12)11-14-7-5-9-28-14)10-13-6-3-4-8-16(13)20(21,22)23/h3-10H,11H2,1-2H3. The first-order valence-electron chi connectivity index (χ1n) is 8.25. The molecular formula is C20H16F3NO4. The van der Waals surface area contributed by atoms with Crippen molar-refractivity contribution in [3.05, 3.63) is 76.4 Å². The van der Waals surface area contributed by atoms with E-state index in [9.17, 15) is 22.8 Å². The fraction of sp³-hybridized carbons (Fsp3) is 0.200. The predicted octanol–water partition coefficient (Wildman–Crippen LogP) is 4.17. The van der Waals surface area contributed by atoms with Crippen LogP contribution < -0.4 is 0 Å². The zero-order chi connectivity index (χ0) is 20.5. The Morgan fingerprint density at radius 3 is 2.54 bits per heavy atom. The predicted molar refractivity (Wildman–Crippen MR) is 93.4 cm³/mol. The Kier molecular flexibility index (Phi) is 5.13. The van der Waals surface area contributed by atoms with Crippen LogP contribution in [-0.2, 0) is 27.0 Å². The number of rotatable bonds is 4. The van der Waals surface area contributed by atoms with E-state index in [1.54, 1.807) is 12.1 Å². The largest absolute Gasteiger partial charge is 0.467 e. The second kappa shape index (κ2) is 7.38. The highest BCUT2D eigenvalue weighted by molar-refractivity contribution is 6.16. The molecular weight excluding hydrogens is 375 g/mol. The van der Waals surface area contributed by atoms with E-state index in [-0.39, 0.29) is 29.0 Å². The molecule has 0 atom stereocenters. The second-order valence-electron chi connectivity index (χ2n) is 6.07. The molecule has 1 aromatic heterocycles. The zero-order valence-electron chi connectivity index (χ0n) is 15.0. The van der Waals surface area contributed by atoms with Gasteiger partial charge in [0.15, 0.2) is 0 Å². The monoisotopic (exact) mass is 391 g/mol.